The molecule has 0 radical (unpaired) electrons. The average Bonchev–Trinajstić information content (AvgIpc) is 3.18. The van der Waals surface area contributed by atoms with Crippen molar-refractivity contribution in [1.82, 2.24) is 19.9 Å². The number of carbonyl (C=O) groups is 1. The number of nitrogens with zero attached hydrogens (tertiary/aromatic N) is 3. The fourth-order valence-electron chi connectivity index (χ4n) is 3.64. The van der Waals surface area contributed by atoms with Crippen molar-refractivity contribution in [3.63, 3.8) is 0 Å². The number of hydrogen-bond acceptors (Lipinski definition) is 4. The third kappa shape index (κ3) is 3.32. The van der Waals surface area contributed by atoms with Crippen molar-refractivity contribution in [2.45, 2.75) is 0 Å². The molecule has 0 unspecified atom stereocenters. The van der Waals surface area contributed by atoms with Crippen LogP contribution in [0.1, 0.15) is 10.4 Å². The molecule has 0 fully saturated rings. The Morgan fingerprint density at radius 1 is 0.935 bits per heavy atom. The summed E-state index contributed by atoms with van der Waals surface area (Å²) in [6.45, 7) is 0. The lowest BCUT2D eigenvalue weighted by atomic mass is 10.0. The Balaban J connectivity index is 1.71. The van der Waals surface area contributed by atoms with E-state index >= 15 is 0 Å². The predicted molar refractivity (Wildman–Crippen MR) is 116 cm³/mol. The minimum atomic E-state index is -0.482. The molecule has 6 nitrogen and oxygen atoms in total. The molecule has 5 rings (SSSR count). The van der Waals surface area contributed by atoms with Gasteiger partial charge in [0.1, 0.15) is 0 Å². The predicted octanol–water partition coefficient (Wildman–Crippen LogP) is 4.59. The molecule has 0 saturated carbocycles. The van der Waals surface area contributed by atoms with Gasteiger partial charge in [-0.2, -0.15) is 0 Å². The van der Waals surface area contributed by atoms with Gasteiger partial charge in [-0.15, -0.1) is 0 Å². The van der Waals surface area contributed by atoms with E-state index in [0.29, 0.717) is 22.5 Å². The number of aromatic nitrogens is 4. The summed E-state index contributed by atoms with van der Waals surface area (Å²) >= 11 is 0. The number of primary amides is 1. The van der Waals surface area contributed by atoms with Gasteiger partial charge in [0.15, 0.2) is 5.82 Å². The molecular formula is C24H16FN5O. The van der Waals surface area contributed by atoms with Gasteiger partial charge in [0, 0.05) is 58.0 Å². The molecule has 0 aliphatic carbocycles. The van der Waals surface area contributed by atoms with Crippen LogP contribution in [0.15, 0.2) is 79.5 Å². The third-order valence-electron chi connectivity index (χ3n) is 5.14. The summed E-state index contributed by atoms with van der Waals surface area (Å²) in [5.74, 6) is -0.904. The maximum Gasteiger partial charge on any atom is 0.248 e. The van der Waals surface area contributed by atoms with Crippen molar-refractivity contribution >= 4 is 16.8 Å². The number of aromatic amines is 1. The first-order valence-corrected chi connectivity index (χ1v) is 9.54. The molecule has 0 spiro atoms. The second-order valence-electron chi connectivity index (χ2n) is 7.03. The van der Waals surface area contributed by atoms with E-state index in [2.05, 4.69) is 19.9 Å². The van der Waals surface area contributed by atoms with Gasteiger partial charge in [0.2, 0.25) is 5.91 Å². The zero-order valence-corrected chi connectivity index (χ0v) is 16.2. The van der Waals surface area contributed by atoms with Crippen LogP contribution in [-0.4, -0.2) is 25.8 Å². The summed E-state index contributed by atoms with van der Waals surface area (Å²) < 4.78 is 14.6. The van der Waals surface area contributed by atoms with Crippen LogP contribution >= 0.6 is 0 Å². The highest BCUT2D eigenvalue weighted by atomic mass is 19.1. The highest BCUT2D eigenvalue weighted by molar-refractivity contribution is 6.04. The van der Waals surface area contributed by atoms with E-state index in [-0.39, 0.29) is 0 Å². The number of amides is 1. The lowest BCUT2D eigenvalue weighted by Crippen LogP contribution is -2.10. The van der Waals surface area contributed by atoms with Gasteiger partial charge in [0.25, 0.3) is 0 Å². The normalized spacial score (nSPS) is 11.0. The van der Waals surface area contributed by atoms with Crippen LogP contribution in [0.4, 0.5) is 4.39 Å². The van der Waals surface area contributed by atoms with Gasteiger partial charge < -0.3 is 10.7 Å². The second kappa shape index (κ2) is 7.46. The van der Waals surface area contributed by atoms with Crippen LogP contribution in [0.3, 0.4) is 0 Å². The summed E-state index contributed by atoms with van der Waals surface area (Å²) in [4.78, 5) is 27.3. The standard InChI is InChI=1S/C24H16FN5O/c25-19-13-28-9-7-17(19)23-22(16-2-1-8-27-11-16)18-12-29-20(10-21(18)30-23)14-3-5-15(6-4-14)24(26)31/h1-13,30H,(H2,26,31). The Morgan fingerprint density at radius 3 is 2.45 bits per heavy atom. The Kier molecular flexibility index (Phi) is 4.48. The maximum atomic E-state index is 14.6. The summed E-state index contributed by atoms with van der Waals surface area (Å²) in [6.07, 6.45) is 7.94. The minimum absolute atomic E-state index is 0.414. The Hall–Kier alpha value is -4.39. The first kappa shape index (κ1) is 18.6. The van der Waals surface area contributed by atoms with Crippen LogP contribution in [0.25, 0.3) is 44.5 Å². The number of hydrogen-bond donors (Lipinski definition) is 2. The van der Waals surface area contributed by atoms with Crippen molar-refractivity contribution in [3.05, 3.63) is 90.9 Å². The summed E-state index contributed by atoms with van der Waals surface area (Å²) in [7, 11) is 0. The smallest absolute Gasteiger partial charge is 0.248 e. The molecule has 4 heterocycles. The molecule has 1 aromatic carbocycles. The fraction of sp³-hybridized carbons (Fsp3) is 0. The molecule has 31 heavy (non-hydrogen) atoms. The van der Waals surface area contributed by atoms with Gasteiger partial charge in [-0.05, 0) is 30.3 Å². The Morgan fingerprint density at radius 2 is 1.74 bits per heavy atom. The number of benzene rings is 1. The molecule has 1 amide bonds. The zero-order chi connectivity index (χ0) is 21.4. The SMILES string of the molecule is NC(=O)c1ccc(-c2cc3[nH]c(-c4ccncc4F)c(-c4cccnc4)c3cn2)cc1. The largest absolute Gasteiger partial charge is 0.366 e. The van der Waals surface area contributed by atoms with E-state index in [0.717, 1.165) is 27.6 Å². The molecule has 7 heteroatoms. The number of nitrogens with one attached hydrogen (secondary N) is 1. The van der Waals surface area contributed by atoms with Crippen molar-refractivity contribution in [2.75, 3.05) is 0 Å². The fourth-order valence-corrected chi connectivity index (χ4v) is 3.64. The first-order chi connectivity index (χ1) is 15.1. The van der Waals surface area contributed by atoms with Gasteiger partial charge >= 0.3 is 0 Å². The number of nitrogens with two attached hydrogens (primary N) is 1. The van der Waals surface area contributed by atoms with Crippen LogP contribution in [0, 0.1) is 5.82 Å². The van der Waals surface area contributed by atoms with E-state index < -0.39 is 11.7 Å². The third-order valence-corrected chi connectivity index (χ3v) is 5.14. The number of rotatable bonds is 4. The second-order valence-corrected chi connectivity index (χ2v) is 7.03. The highest BCUT2D eigenvalue weighted by Crippen LogP contribution is 2.39. The lowest BCUT2D eigenvalue weighted by molar-refractivity contribution is 0.100. The lowest BCUT2D eigenvalue weighted by Gasteiger charge is -2.06. The number of halogens is 1. The van der Waals surface area contributed by atoms with Crippen LogP contribution in [-0.2, 0) is 0 Å². The Bertz CT molecular complexity index is 1410. The highest BCUT2D eigenvalue weighted by Gasteiger charge is 2.19. The maximum absolute atomic E-state index is 14.6. The first-order valence-electron chi connectivity index (χ1n) is 9.54. The molecule has 0 bridgehead atoms. The topological polar surface area (TPSA) is 97.6 Å². The van der Waals surface area contributed by atoms with Gasteiger partial charge in [-0.3, -0.25) is 19.7 Å². The van der Waals surface area contributed by atoms with E-state index in [1.165, 1.54) is 6.20 Å². The Labute approximate surface area is 176 Å². The summed E-state index contributed by atoms with van der Waals surface area (Å²) in [5.41, 5.74) is 10.8. The molecule has 0 aliphatic rings. The molecular weight excluding hydrogens is 393 g/mol. The summed E-state index contributed by atoms with van der Waals surface area (Å²) in [6, 6.07) is 14.2. The van der Waals surface area contributed by atoms with Crippen LogP contribution < -0.4 is 5.73 Å². The molecule has 0 aliphatic heterocycles. The molecule has 3 N–H and O–H groups in total. The van der Waals surface area contributed by atoms with E-state index in [9.17, 15) is 9.18 Å². The van der Waals surface area contributed by atoms with Crippen LogP contribution in [0.2, 0.25) is 0 Å². The molecule has 150 valence electrons. The van der Waals surface area contributed by atoms with Crippen LogP contribution in [0.5, 0.6) is 0 Å². The number of H-pyrrole nitrogens is 1. The molecule has 4 aromatic heterocycles. The van der Waals surface area contributed by atoms with Gasteiger partial charge in [-0.25, -0.2) is 4.39 Å². The van der Waals surface area contributed by atoms with E-state index in [1.54, 1.807) is 55.1 Å². The van der Waals surface area contributed by atoms with Crippen molar-refractivity contribution in [1.29, 1.82) is 0 Å². The van der Waals surface area contributed by atoms with E-state index in [4.69, 9.17) is 5.73 Å². The number of fused-ring (bicyclic) bond motifs is 1. The van der Waals surface area contributed by atoms with Crippen molar-refractivity contribution in [2.24, 2.45) is 5.73 Å². The molecule has 0 atom stereocenters. The zero-order valence-electron chi connectivity index (χ0n) is 16.2. The summed E-state index contributed by atoms with van der Waals surface area (Å²) in [5, 5.41) is 0.844. The van der Waals surface area contributed by atoms with Crippen molar-refractivity contribution in [3.8, 4) is 33.6 Å². The molecule has 0 saturated heterocycles. The monoisotopic (exact) mass is 409 g/mol. The number of carbonyl (C=O) groups excluding carboxylic acids is 1. The van der Waals surface area contributed by atoms with Gasteiger partial charge in [0.05, 0.1) is 23.1 Å². The number of pyridine rings is 3. The molecule has 5 aromatic rings. The minimum Gasteiger partial charge on any atom is -0.366 e. The van der Waals surface area contributed by atoms with E-state index in [1.807, 2.05) is 18.2 Å². The van der Waals surface area contributed by atoms with Gasteiger partial charge in [-0.1, -0.05) is 18.2 Å². The van der Waals surface area contributed by atoms with Crippen molar-refractivity contribution < 1.29 is 9.18 Å². The quantitative estimate of drug-likeness (QED) is 0.454. The average molecular weight is 409 g/mol.